The summed E-state index contributed by atoms with van der Waals surface area (Å²) in [5, 5.41) is 3.44. The summed E-state index contributed by atoms with van der Waals surface area (Å²) in [6.07, 6.45) is 2.55. The molecule has 0 saturated heterocycles. The molecule has 0 amide bonds. The van der Waals surface area contributed by atoms with Gasteiger partial charge >= 0.3 is 0 Å². The van der Waals surface area contributed by atoms with Gasteiger partial charge in [-0.05, 0) is 23.2 Å². The Balaban J connectivity index is 2.26. The van der Waals surface area contributed by atoms with Crippen LogP contribution in [0.5, 0.6) is 0 Å². The fourth-order valence-corrected chi connectivity index (χ4v) is 2.62. The van der Waals surface area contributed by atoms with Crippen molar-refractivity contribution in [2.45, 2.75) is 6.54 Å². The van der Waals surface area contributed by atoms with E-state index in [1.807, 2.05) is 12.1 Å². The molecule has 1 aromatic carbocycles. The second kappa shape index (κ2) is 6.68. The molecular weight excluding hydrogens is 347 g/mol. The van der Waals surface area contributed by atoms with Gasteiger partial charge in [0.05, 0.1) is 18.1 Å². The van der Waals surface area contributed by atoms with Gasteiger partial charge in [0.1, 0.15) is 10.8 Å². The maximum atomic E-state index is 11.7. The monoisotopic (exact) mass is 360 g/mol. The lowest BCUT2D eigenvalue weighted by Crippen LogP contribution is -2.26. The lowest BCUT2D eigenvalue weighted by atomic mass is 10.2. The van der Waals surface area contributed by atoms with Crippen molar-refractivity contribution in [1.82, 2.24) is 9.97 Å². The van der Waals surface area contributed by atoms with Crippen LogP contribution in [0.3, 0.4) is 0 Å². The highest BCUT2D eigenvalue weighted by atomic mass is 35.5. The number of rotatable bonds is 5. The molecule has 0 fully saturated rings. The predicted octanol–water partition coefficient (Wildman–Crippen LogP) is 2.79. The van der Waals surface area contributed by atoms with Crippen LogP contribution in [0.2, 0.25) is 10.3 Å². The summed E-state index contributed by atoms with van der Waals surface area (Å²) < 4.78 is 24.6. The molecule has 1 aromatic heterocycles. The van der Waals surface area contributed by atoms with Crippen LogP contribution in [0, 0.1) is 0 Å². The van der Waals surface area contributed by atoms with Crippen LogP contribution >= 0.6 is 23.2 Å². The zero-order valence-corrected chi connectivity index (χ0v) is 14.2. The van der Waals surface area contributed by atoms with Crippen LogP contribution in [0.25, 0.3) is 0 Å². The van der Waals surface area contributed by atoms with Gasteiger partial charge in [-0.15, -0.1) is 0 Å². The highest BCUT2D eigenvalue weighted by Gasteiger charge is 2.15. The van der Waals surface area contributed by atoms with Crippen molar-refractivity contribution >= 4 is 44.7 Å². The second-order valence-electron chi connectivity index (χ2n) is 4.55. The number of sulfonamides is 1. The Morgan fingerprint density at radius 3 is 2.64 bits per heavy atom. The Morgan fingerprint density at radius 2 is 1.95 bits per heavy atom. The number of nitrogens with one attached hydrogen (secondary N) is 1. The molecule has 22 heavy (non-hydrogen) atoms. The smallest absolute Gasteiger partial charge is 0.232 e. The lowest BCUT2D eigenvalue weighted by Gasteiger charge is -2.20. The predicted molar refractivity (Wildman–Crippen MR) is 89.1 cm³/mol. The van der Waals surface area contributed by atoms with Gasteiger partial charge < -0.3 is 5.32 Å². The summed E-state index contributed by atoms with van der Waals surface area (Å²) >= 11 is 11.7. The van der Waals surface area contributed by atoms with Crippen molar-refractivity contribution in [3.8, 4) is 0 Å². The number of nitrogens with zero attached hydrogens (tertiary/aromatic N) is 3. The summed E-state index contributed by atoms with van der Waals surface area (Å²) in [7, 11) is -1.84. The Morgan fingerprint density at radius 1 is 1.27 bits per heavy atom. The van der Waals surface area contributed by atoms with E-state index >= 15 is 0 Å². The molecule has 0 saturated carbocycles. The Hall–Kier alpha value is -1.57. The molecular formula is C13H14Cl2N4O2S. The summed E-state index contributed by atoms with van der Waals surface area (Å²) in [6.45, 7) is 0.336. The van der Waals surface area contributed by atoms with Crippen molar-refractivity contribution in [3.63, 3.8) is 0 Å². The van der Waals surface area contributed by atoms with Crippen molar-refractivity contribution in [1.29, 1.82) is 0 Å². The van der Waals surface area contributed by atoms with Crippen molar-refractivity contribution in [2.24, 2.45) is 0 Å². The quantitative estimate of drug-likeness (QED) is 0.829. The molecule has 0 bridgehead atoms. The van der Waals surface area contributed by atoms with Gasteiger partial charge in [-0.25, -0.2) is 13.4 Å². The third kappa shape index (κ3) is 4.00. The van der Waals surface area contributed by atoms with Crippen molar-refractivity contribution in [2.75, 3.05) is 22.9 Å². The molecule has 9 heteroatoms. The van der Waals surface area contributed by atoms with Crippen LogP contribution in [0.15, 0.2) is 30.5 Å². The number of halogens is 2. The number of hydrogen-bond acceptors (Lipinski definition) is 5. The molecule has 0 radical (unpaired) electrons. The minimum absolute atomic E-state index is 0.0773. The molecule has 1 heterocycles. The molecule has 0 unspecified atom stereocenters. The normalized spacial score (nSPS) is 11.3. The van der Waals surface area contributed by atoms with E-state index < -0.39 is 10.0 Å². The Bertz CT molecular complexity index is 783. The molecule has 0 aliphatic rings. The number of aromatic nitrogens is 2. The fourth-order valence-electron chi connectivity index (χ4n) is 1.79. The van der Waals surface area contributed by atoms with Crippen LogP contribution in [-0.4, -0.2) is 31.7 Å². The molecule has 1 N–H and O–H groups in total. The van der Waals surface area contributed by atoms with E-state index in [4.69, 9.17) is 23.2 Å². The van der Waals surface area contributed by atoms with Gasteiger partial charge in [-0.2, -0.15) is 4.98 Å². The van der Waals surface area contributed by atoms with Crippen LogP contribution in [-0.2, 0) is 16.6 Å². The van der Waals surface area contributed by atoms with Crippen molar-refractivity contribution < 1.29 is 8.42 Å². The van der Waals surface area contributed by atoms with E-state index in [0.717, 1.165) is 11.8 Å². The zero-order chi connectivity index (χ0) is 16.3. The van der Waals surface area contributed by atoms with Gasteiger partial charge in [-0.3, -0.25) is 4.31 Å². The zero-order valence-electron chi connectivity index (χ0n) is 11.9. The van der Waals surface area contributed by atoms with Gasteiger partial charge in [0, 0.05) is 13.6 Å². The van der Waals surface area contributed by atoms with Crippen LogP contribution < -0.4 is 9.62 Å². The van der Waals surface area contributed by atoms with Gasteiger partial charge in [-0.1, -0.05) is 29.8 Å². The second-order valence-corrected chi connectivity index (χ2v) is 7.31. The van der Waals surface area contributed by atoms with E-state index in [9.17, 15) is 8.42 Å². The van der Waals surface area contributed by atoms with E-state index in [1.165, 1.54) is 17.5 Å². The topological polar surface area (TPSA) is 75.2 Å². The standard InChI is InChI=1S/C13H14Cl2N4O2S/c1-19(22(2,20)21)11-6-4-3-5-9(11)7-16-12-10(14)8-17-13(15)18-12/h3-6,8H,7H2,1-2H3,(H,16,17,18). The number of anilines is 2. The molecule has 2 rings (SSSR count). The number of para-hydroxylation sites is 1. The molecule has 118 valence electrons. The average molecular weight is 361 g/mol. The van der Waals surface area contributed by atoms with E-state index in [0.29, 0.717) is 23.1 Å². The first kappa shape index (κ1) is 16.8. The Labute approximate surface area is 139 Å². The van der Waals surface area contributed by atoms with Gasteiger partial charge in [0.25, 0.3) is 0 Å². The minimum atomic E-state index is -3.34. The number of hydrogen-bond donors (Lipinski definition) is 1. The molecule has 0 atom stereocenters. The first-order valence-electron chi connectivity index (χ1n) is 6.23. The summed E-state index contributed by atoms with van der Waals surface area (Å²) in [4.78, 5) is 7.76. The molecule has 0 aliphatic heterocycles. The lowest BCUT2D eigenvalue weighted by molar-refractivity contribution is 0.600. The van der Waals surface area contributed by atoms with E-state index in [1.54, 1.807) is 12.1 Å². The van der Waals surface area contributed by atoms with Gasteiger partial charge in [0.15, 0.2) is 0 Å². The SMILES string of the molecule is CN(c1ccccc1CNc1nc(Cl)ncc1Cl)S(C)(=O)=O. The van der Waals surface area contributed by atoms with E-state index in [-0.39, 0.29) is 5.28 Å². The maximum absolute atomic E-state index is 11.7. The molecule has 2 aromatic rings. The first-order chi connectivity index (χ1) is 10.3. The molecule has 0 spiro atoms. The highest BCUT2D eigenvalue weighted by molar-refractivity contribution is 7.92. The molecule has 6 nitrogen and oxygen atoms in total. The minimum Gasteiger partial charge on any atom is -0.365 e. The van der Waals surface area contributed by atoms with Crippen LogP contribution in [0.4, 0.5) is 11.5 Å². The third-order valence-corrected chi connectivity index (χ3v) is 4.64. The third-order valence-electron chi connectivity index (χ3n) is 2.99. The summed E-state index contributed by atoms with van der Waals surface area (Å²) in [5.74, 6) is 0.387. The average Bonchev–Trinajstić information content (AvgIpc) is 2.47. The summed E-state index contributed by atoms with van der Waals surface area (Å²) in [5.41, 5.74) is 1.36. The first-order valence-corrected chi connectivity index (χ1v) is 8.83. The molecule has 0 aliphatic carbocycles. The van der Waals surface area contributed by atoms with Crippen LogP contribution in [0.1, 0.15) is 5.56 Å². The largest absolute Gasteiger partial charge is 0.365 e. The van der Waals surface area contributed by atoms with Crippen molar-refractivity contribution in [3.05, 3.63) is 46.3 Å². The fraction of sp³-hybridized carbons (Fsp3) is 0.231. The number of benzene rings is 1. The highest BCUT2D eigenvalue weighted by Crippen LogP contribution is 2.24. The maximum Gasteiger partial charge on any atom is 0.232 e. The summed E-state index contributed by atoms with van der Waals surface area (Å²) in [6, 6.07) is 7.15. The van der Waals surface area contributed by atoms with E-state index in [2.05, 4.69) is 15.3 Å². The van der Waals surface area contributed by atoms with Gasteiger partial charge in [0.2, 0.25) is 15.3 Å². The Kier molecular flexibility index (Phi) is 5.10.